The number of hydrogen-bond donors (Lipinski definition) is 1. The van der Waals surface area contributed by atoms with Gasteiger partial charge >= 0.3 is 0 Å². The third-order valence-corrected chi connectivity index (χ3v) is 2.57. The molecular weight excluding hydrogens is 190 g/mol. The molecule has 3 nitrogen and oxygen atoms in total. The van der Waals surface area contributed by atoms with E-state index < -0.39 is 0 Å². The summed E-state index contributed by atoms with van der Waals surface area (Å²) in [6.07, 6.45) is 6.26. The zero-order valence-corrected chi connectivity index (χ0v) is 9.71. The van der Waals surface area contributed by atoms with Gasteiger partial charge in [-0.05, 0) is 25.8 Å². The van der Waals surface area contributed by atoms with Crippen molar-refractivity contribution in [2.24, 2.45) is 0 Å². The van der Waals surface area contributed by atoms with Crippen LogP contribution in [0.15, 0.2) is 12.7 Å². The van der Waals surface area contributed by atoms with Gasteiger partial charge in [-0.3, -0.25) is 0 Å². The molecule has 0 saturated carbocycles. The Labute approximate surface area is 92.8 Å². The summed E-state index contributed by atoms with van der Waals surface area (Å²) in [7, 11) is 0. The summed E-state index contributed by atoms with van der Waals surface area (Å²) in [5, 5.41) is 3.52. The van der Waals surface area contributed by atoms with Crippen molar-refractivity contribution in [3.63, 3.8) is 0 Å². The molecule has 0 amide bonds. The Kier molecular flexibility index (Phi) is 6.64. The molecule has 1 aliphatic heterocycles. The molecule has 0 aliphatic carbocycles. The standard InChI is InChI=1S/C12H23NO2/c1-3-5-6-11(13-7-4-2)10-12-14-8-9-15-12/h3,11-13H,1,4-10H2,2H3. The van der Waals surface area contributed by atoms with E-state index in [4.69, 9.17) is 9.47 Å². The van der Waals surface area contributed by atoms with E-state index in [0.717, 1.165) is 45.4 Å². The minimum atomic E-state index is 0.00386. The van der Waals surface area contributed by atoms with Crippen LogP contribution in [0.2, 0.25) is 0 Å². The summed E-state index contributed by atoms with van der Waals surface area (Å²) >= 11 is 0. The van der Waals surface area contributed by atoms with E-state index in [1.807, 2.05) is 6.08 Å². The van der Waals surface area contributed by atoms with Gasteiger partial charge in [0.15, 0.2) is 6.29 Å². The van der Waals surface area contributed by atoms with Crippen LogP contribution in [-0.4, -0.2) is 32.1 Å². The van der Waals surface area contributed by atoms with Crippen LogP contribution in [0.5, 0.6) is 0 Å². The van der Waals surface area contributed by atoms with Crippen molar-refractivity contribution in [3.8, 4) is 0 Å². The van der Waals surface area contributed by atoms with Crippen LogP contribution in [0.3, 0.4) is 0 Å². The van der Waals surface area contributed by atoms with Gasteiger partial charge in [-0.25, -0.2) is 0 Å². The maximum atomic E-state index is 5.46. The normalized spacial score (nSPS) is 19.3. The molecule has 1 saturated heterocycles. The summed E-state index contributed by atoms with van der Waals surface area (Å²) in [5.74, 6) is 0. The molecule has 0 aromatic carbocycles. The van der Waals surface area contributed by atoms with Crippen LogP contribution in [-0.2, 0) is 9.47 Å². The first-order valence-corrected chi connectivity index (χ1v) is 5.94. The molecule has 1 fully saturated rings. The van der Waals surface area contributed by atoms with Gasteiger partial charge in [-0.15, -0.1) is 6.58 Å². The average Bonchev–Trinajstić information content (AvgIpc) is 2.74. The molecule has 1 aliphatic rings. The fourth-order valence-electron chi connectivity index (χ4n) is 1.75. The molecule has 1 rings (SSSR count). The first kappa shape index (κ1) is 12.7. The molecule has 0 aromatic heterocycles. The van der Waals surface area contributed by atoms with Gasteiger partial charge in [0.25, 0.3) is 0 Å². The minimum absolute atomic E-state index is 0.00386. The number of hydrogen-bond acceptors (Lipinski definition) is 3. The molecular formula is C12H23NO2. The van der Waals surface area contributed by atoms with Gasteiger partial charge in [0.05, 0.1) is 13.2 Å². The molecule has 1 N–H and O–H groups in total. The lowest BCUT2D eigenvalue weighted by atomic mass is 10.1. The number of allylic oxidation sites excluding steroid dienone is 1. The fourth-order valence-corrected chi connectivity index (χ4v) is 1.75. The Morgan fingerprint density at radius 1 is 1.47 bits per heavy atom. The summed E-state index contributed by atoms with van der Waals surface area (Å²) in [6.45, 7) is 8.48. The molecule has 88 valence electrons. The fraction of sp³-hybridized carbons (Fsp3) is 0.833. The topological polar surface area (TPSA) is 30.5 Å². The van der Waals surface area contributed by atoms with E-state index in [9.17, 15) is 0 Å². The Bertz CT molecular complexity index is 167. The van der Waals surface area contributed by atoms with Crippen molar-refractivity contribution in [1.29, 1.82) is 0 Å². The van der Waals surface area contributed by atoms with Crippen LogP contribution >= 0.6 is 0 Å². The number of ether oxygens (including phenoxy) is 2. The van der Waals surface area contributed by atoms with E-state index in [1.54, 1.807) is 0 Å². The molecule has 15 heavy (non-hydrogen) atoms. The monoisotopic (exact) mass is 213 g/mol. The number of rotatable bonds is 8. The molecule has 0 radical (unpaired) electrons. The predicted octanol–water partition coefficient (Wildman–Crippen LogP) is 2.08. The molecule has 1 unspecified atom stereocenters. The Morgan fingerprint density at radius 2 is 2.20 bits per heavy atom. The first-order valence-electron chi connectivity index (χ1n) is 5.94. The molecule has 0 bridgehead atoms. The lowest BCUT2D eigenvalue weighted by molar-refractivity contribution is -0.0530. The van der Waals surface area contributed by atoms with Gasteiger partial charge < -0.3 is 14.8 Å². The van der Waals surface area contributed by atoms with Crippen molar-refractivity contribution >= 4 is 0 Å². The van der Waals surface area contributed by atoms with Crippen LogP contribution < -0.4 is 5.32 Å². The van der Waals surface area contributed by atoms with Gasteiger partial charge in [0, 0.05) is 12.5 Å². The first-order chi connectivity index (χ1) is 7.36. The van der Waals surface area contributed by atoms with Crippen molar-refractivity contribution in [2.75, 3.05) is 19.8 Å². The Balaban J connectivity index is 2.22. The zero-order chi connectivity index (χ0) is 10.9. The highest BCUT2D eigenvalue weighted by Crippen LogP contribution is 2.13. The van der Waals surface area contributed by atoms with E-state index in [2.05, 4.69) is 18.8 Å². The highest BCUT2D eigenvalue weighted by Gasteiger charge is 2.20. The van der Waals surface area contributed by atoms with E-state index in [0.29, 0.717) is 6.04 Å². The van der Waals surface area contributed by atoms with Crippen molar-refractivity contribution in [3.05, 3.63) is 12.7 Å². The number of nitrogens with one attached hydrogen (secondary N) is 1. The summed E-state index contributed by atoms with van der Waals surface area (Å²) in [6, 6.07) is 0.492. The summed E-state index contributed by atoms with van der Waals surface area (Å²) in [4.78, 5) is 0. The lowest BCUT2D eigenvalue weighted by Crippen LogP contribution is -2.33. The van der Waals surface area contributed by atoms with Crippen LogP contribution in [0.4, 0.5) is 0 Å². The second kappa shape index (κ2) is 7.85. The summed E-state index contributed by atoms with van der Waals surface area (Å²) in [5.41, 5.74) is 0. The van der Waals surface area contributed by atoms with Gasteiger partial charge in [0.2, 0.25) is 0 Å². The smallest absolute Gasteiger partial charge is 0.159 e. The highest BCUT2D eigenvalue weighted by molar-refractivity contribution is 4.75. The largest absolute Gasteiger partial charge is 0.350 e. The molecule has 1 heterocycles. The highest BCUT2D eigenvalue weighted by atomic mass is 16.7. The van der Waals surface area contributed by atoms with Crippen molar-refractivity contribution in [2.45, 2.75) is 44.9 Å². The molecule has 0 aromatic rings. The van der Waals surface area contributed by atoms with Crippen molar-refractivity contribution < 1.29 is 9.47 Å². The third-order valence-electron chi connectivity index (χ3n) is 2.57. The van der Waals surface area contributed by atoms with Crippen LogP contribution in [0, 0.1) is 0 Å². The zero-order valence-electron chi connectivity index (χ0n) is 9.71. The quantitative estimate of drug-likeness (QED) is 0.626. The Hall–Kier alpha value is -0.380. The molecule has 3 heteroatoms. The average molecular weight is 213 g/mol. The summed E-state index contributed by atoms with van der Waals surface area (Å²) < 4.78 is 10.9. The molecule has 0 spiro atoms. The van der Waals surface area contributed by atoms with Crippen LogP contribution in [0.1, 0.15) is 32.6 Å². The van der Waals surface area contributed by atoms with Gasteiger partial charge in [0.1, 0.15) is 0 Å². The lowest BCUT2D eigenvalue weighted by Gasteiger charge is -2.20. The second-order valence-corrected chi connectivity index (χ2v) is 3.92. The maximum Gasteiger partial charge on any atom is 0.159 e. The Morgan fingerprint density at radius 3 is 2.80 bits per heavy atom. The second-order valence-electron chi connectivity index (χ2n) is 3.92. The SMILES string of the molecule is C=CCCC(CC1OCCO1)NCCC. The van der Waals surface area contributed by atoms with E-state index in [-0.39, 0.29) is 6.29 Å². The minimum Gasteiger partial charge on any atom is -0.350 e. The van der Waals surface area contributed by atoms with Crippen LogP contribution in [0.25, 0.3) is 0 Å². The maximum absolute atomic E-state index is 5.46. The van der Waals surface area contributed by atoms with E-state index in [1.165, 1.54) is 0 Å². The molecule has 1 atom stereocenters. The van der Waals surface area contributed by atoms with Crippen molar-refractivity contribution in [1.82, 2.24) is 5.32 Å². The van der Waals surface area contributed by atoms with Gasteiger partial charge in [-0.2, -0.15) is 0 Å². The van der Waals surface area contributed by atoms with Gasteiger partial charge in [-0.1, -0.05) is 13.0 Å². The third kappa shape index (κ3) is 5.30. The predicted molar refractivity (Wildman–Crippen MR) is 61.8 cm³/mol. The van der Waals surface area contributed by atoms with E-state index >= 15 is 0 Å².